The van der Waals surface area contributed by atoms with Gasteiger partial charge in [0.15, 0.2) is 0 Å². The number of carbonyl (C=O) groups excluding carboxylic acids is 1. The van der Waals surface area contributed by atoms with Crippen molar-refractivity contribution in [1.29, 1.82) is 0 Å². The molecule has 1 aromatic heterocycles. The molecule has 1 aliphatic heterocycles. The van der Waals surface area contributed by atoms with Crippen molar-refractivity contribution in [2.75, 3.05) is 33.4 Å². The van der Waals surface area contributed by atoms with Crippen LogP contribution in [0.15, 0.2) is 18.2 Å². The molecule has 1 aliphatic rings. The Kier molecular flexibility index (Phi) is 5.47. The third-order valence-corrected chi connectivity index (χ3v) is 4.84. The summed E-state index contributed by atoms with van der Waals surface area (Å²) in [5, 5.41) is 3.30. The number of halogens is 1. The van der Waals surface area contributed by atoms with Crippen molar-refractivity contribution >= 4 is 27.6 Å². The molecule has 2 amide bonds. The van der Waals surface area contributed by atoms with Gasteiger partial charge in [-0.25, -0.2) is 9.18 Å². The summed E-state index contributed by atoms with van der Waals surface area (Å²) in [7, 11) is 1.60. The van der Waals surface area contributed by atoms with Crippen LogP contribution in [0.5, 0.6) is 5.19 Å². The molecule has 0 radical (unpaired) electrons. The molecule has 1 fully saturated rings. The number of ether oxygens (including phenoxy) is 2. The Morgan fingerprint density at radius 3 is 2.96 bits per heavy atom. The van der Waals surface area contributed by atoms with E-state index in [-0.39, 0.29) is 18.0 Å². The quantitative estimate of drug-likeness (QED) is 0.840. The second kappa shape index (κ2) is 7.76. The predicted molar refractivity (Wildman–Crippen MR) is 90.1 cm³/mol. The fraction of sp³-hybridized carbons (Fsp3) is 0.500. The highest BCUT2D eigenvalue weighted by Gasteiger charge is 2.24. The van der Waals surface area contributed by atoms with Gasteiger partial charge in [0.2, 0.25) is 0 Å². The van der Waals surface area contributed by atoms with Crippen LogP contribution >= 0.6 is 11.3 Å². The fourth-order valence-electron chi connectivity index (χ4n) is 2.64. The van der Waals surface area contributed by atoms with Gasteiger partial charge in [-0.15, -0.1) is 0 Å². The van der Waals surface area contributed by atoms with E-state index >= 15 is 0 Å². The van der Waals surface area contributed by atoms with Crippen LogP contribution in [-0.4, -0.2) is 55.4 Å². The highest BCUT2D eigenvalue weighted by Crippen LogP contribution is 2.31. The minimum Gasteiger partial charge on any atom is -0.467 e. The summed E-state index contributed by atoms with van der Waals surface area (Å²) in [5.74, 6) is -0.332. The van der Waals surface area contributed by atoms with Crippen LogP contribution < -0.4 is 10.1 Å². The number of piperidine rings is 1. The normalized spacial score (nSPS) is 15.7. The number of amides is 2. The number of thiazole rings is 1. The minimum absolute atomic E-state index is 0.00310. The zero-order valence-corrected chi connectivity index (χ0v) is 14.3. The van der Waals surface area contributed by atoms with Crippen LogP contribution in [-0.2, 0) is 4.74 Å². The molecule has 1 N–H and O–H groups in total. The Balaban J connectivity index is 1.51. The van der Waals surface area contributed by atoms with Crippen molar-refractivity contribution in [1.82, 2.24) is 15.2 Å². The van der Waals surface area contributed by atoms with E-state index in [0.29, 0.717) is 37.0 Å². The Morgan fingerprint density at radius 2 is 2.25 bits per heavy atom. The number of methoxy groups -OCH3 is 1. The zero-order chi connectivity index (χ0) is 16.9. The number of fused-ring (bicyclic) bond motifs is 1. The summed E-state index contributed by atoms with van der Waals surface area (Å²) >= 11 is 1.35. The molecule has 2 heterocycles. The lowest BCUT2D eigenvalue weighted by atomic mass is 10.1. The van der Waals surface area contributed by atoms with E-state index in [1.807, 2.05) is 6.07 Å². The molecule has 0 unspecified atom stereocenters. The van der Waals surface area contributed by atoms with Crippen molar-refractivity contribution in [2.24, 2.45) is 0 Å². The number of rotatable bonds is 5. The first-order valence-corrected chi connectivity index (χ1v) is 8.72. The molecule has 2 aromatic rings. The lowest BCUT2D eigenvalue weighted by Crippen LogP contribution is -2.47. The molecular formula is C16H20FN3O3S. The van der Waals surface area contributed by atoms with Crippen LogP contribution in [0.2, 0.25) is 0 Å². The number of nitrogens with zero attached hydrogens (tertiary/aromatic N) is 2. The van der Waals surface area contributed by atoms with Gasteiger partial charge in [0.05, 0.1) is 11.3 Å². The second-order valence-electron chi connectivity index (χ2n) is 5.60. The number of para-hydroxylation sites is 1. The molecule has 1 saturated heterocycles. The molecule has 8 heteroatoms. The number of hydrogen-bond donors (Lipinski definition) is 1. The van der Waals surface area contributed by atoms with Gasteiger partial charge in [-0.05, 0) is 12.1 Å². The van der Waals surface area contributed by atoms with E-state index < -0.39 is 0 Å². The molecule has 1 aromatic carbocycles. The van der Waals surface area contributed by atoms with Gasteiger partial charge in [0.25, 0.3) is 5.19 Å². The summed E-state index contributed by atoms with van der Waals surface area (Å²) in [6.07, 6.45) is 1.46. The Hall–Kier alpha value is -1.93. The molecular weight excluding hydrogens is 333 g/mol. The summed E-state index contributed by atoms with van der Waals surface area (Å²) < 4.78 is 25.2. The SMILES string of the molecule is COCCNC(=O)N1CCC(Oc2nc3c(F)cccc3s2)CC1. The third-order valence-electron chi connectivity index (χ3n) is 3.93. The topological polar surface area (TPSA) is 63.7 Å². The van der Waals surface area contributed by atoms with Gasteiger partial charge in [-0.3, -0.25) is 0 Å². The number of carbonyl (C=O) groups is 1. The van der Waals surface area contributed by atoms with E-state index in [0.717, 1.165) is 17.5 Å². The van der Waals surface area contributed by atoms with Crippen LogP contribution in [0, 0.1) is 5.82 Å². The largest absolute Gasteiger partial charge is 0.467 e. The number of likely N-dealkylation sites (tertiary alicyclic amines) is 1. The van der Waals surface area contributed by atoms with Crippen LogP contribution in [0.3, 0.4) is 0 Å². The number of benzene rings is 1. The van der Waals surface area contributed by atoms with Crippen molar-refractivity contribution in [3.05, 3.63) is 24.0 Å². The van der Waals surface area contributed by atoms with Crippen molar-refractivity contribution in [2.45, 2.75) is 18.9 Å². The summed E-state index contributed by atoms with van der Waals surface area (Å²) in [6, 6.07) is 4.82. The monoisotopic (exact) mass is 353 g/mol. The first-order chi connectivity index (χ1) is 11.7. The maximum Gasteiger partial charge on any atom is 0.317 e. The van der Waals surface area contributed by atoms with Crippen LogP contribution in [0.1, 0.15) is 12.8 Å². The fourth-order valence-corrected chi connectivity index (χ4v) is 3.53. The first-order valence-electron chi connectivity index (χ1n) is 7.91. The maximum absolute atomic E-state index is 13.7. The highest BCUT2D eigenvalue weighted by molar-refractivity contribution is 7.20. The highest BCUT2D eigenvalue weighted by atomic mass is 32.1. The Morgan fingerprint density at radius 1 is 1.46 bits per heavy atom. The molecule has 0 aliphatic carbocycles. The number of urea groups is 1. The molecule has 6 nitrogen and oxygen atoms in total. The predicted octanol–water partition coefficient (Wildman–Crippen LogP) is 2.63. The van der Waals surface area contributed by atoms with E-state index in [1.54, 1.807) is 18.1 Å². The van der Waals surface area contributed by atoms with E-state index in [4.69, 9.17) is 9.47 Å². The maximum atomic E-state index is 13.7. The molecule has 0 spiro atoms. The van der Waals surface area contributed by atoms with E-state index in [1.165, 1.54) is 17.4 Å². The second-order valence-corrected chi connectivity index (χ2v) is 6.59. The van der Waals surface area contributed by atoms with Gasteiger partial charge in [0.1, 0.15) is 17.4 Å². The third kappa shape index (κ3) is 3.93. The summed E-state index contributed by atoms with van der Waals surface area (Å²) in [6.45, 7) is 2.26. The zero-order valence-electron chi connectivity index (χ0n) is 13.5. The molecule has 0 saturated carbocycles. The van der Waals surface area contributed by atoms with Crippen molar-refractivity contribution in [3.63, 3.8) is 0 Å². The number of hydrogen-bond acceptors (Lipinski definition) is 5. The van der Waals surface area contributed by atoms with Gasteiger partial charge in [-0.2, -0.15) is 4.98 Å². The molecule has 24 heavy (non-hydrogen) atoms. The smallest absolute Gasteiger partial charge is 0.317 e. The van der Waals surface area contributed by atoms with Gasteiger partial charge in [0, 0.05) is 39.6 Å². The lowest BCUT2D eigenvalue weighted by Gasteiger charge is -2.31. The first kappa shape index (κ1) is 16.9. The standard InChI is InChI=1S/C16H20FN3O3S/c1-22-10-7-18-15(21)20-8-5-11(6-9-20)23-16-19-14-12(17)3-2-4-13(14)24-16/h2-4,11H,5-10H2,1H3,(H,18,21). The van der Waals surface area contributed by atoms with E-state index in [2.05, 4.69) is 10.3 Å². The Bertz CT molecular complexity index is 701. The minimum atomic E-state index is -0.332. The molecule has 0 atom stereocenters. The lowest BCUT2D eigenvalue weighted by molar-refractivity contribution is 0.109. The average Bonchev–Trinajstić information content (AvgIpc) is 2.99. The van der Waals surface area contributed by atoms with Gasteiger partial charge in [-0.1, -0.05) is 17.4 Å². The number of aromatic nitrogens is 1. The molecule has 130 valence electrons. The van der Waals surface area contributed by atoms with Gasteiger partial charge >= 0.3 is 6.03 Å². The average molecular weight is 353 g/mol. The summed E-state index contributed by atoms with van der Waals surface area (Å²) in [4.78, 5) is 18.0. The molecule has 0 bridgehead atoms. The van der Waals surface area contributed by atoms with E-state index in [9.17, 15) is 9.18 Å². The molecule has 3 rings (SSSR count). The van der Waals surface area contributed by atoms with Crippen molar-refractivity contribution in [3.8, 4) is 5.19 Å². The van der Waals surface area contributed by atoms with Crippen molar-refractivity contribution < 1.29 is 18.7 Å². The summed E-state index contributed by atoms with van der Waals surface area (Å²) in [5.41, 5.74) is 0.354. The Labute approximate surface area is 143 Å². The van der Waals surface area contributed by atoms with Gasteiger partial charge < -0.3 is 19.7 Å². The number of nitrogens with one attached hydrogen (secondary N) is 1. The van der Waals surface area contributed by atoms with Crippen LogP contribution in [0.25, 0.3) is 10.2 Å². The van der Waals surface area contributed by atoms with Crippen LogP contribution in [0.4, 0.5) is 9.18 Å².